The molecule has 0 spiro atoms. The van der Waals surface area contributed by atoms with Crippen LogP contribution in [0.2, 0.25) is 0 Å². The Labute approximate surface area is 104 Å². The topological polar surface area (TPSA) is 44.7 Å². The highest BCUT2D eigenvalue weighted by Gasteiger charge is 2.32. The highest BCUT2D eigenvalue weighted by Crippen LogP contribution is 2.23. The second-order valence-electron chi connectivity index (χ2n) is 5.85. The summed E-state index contributed by atoms with van der Waals surface area (Å²) in [5.74, 6) is 0.558. The third kappa shape index (κ3) is 3.65. The van der Waals surface area contributed by atoms with E-state index in [0.29, 0.717) is 12.0 Å². The Morgan fingerprint density at radius 2 is 2.35 bits per heavy atom. The Kier molecular flexibility index (Phi) is 4.42. The van der Waals surface area contributed by atoms with Gasteiger partial charge in [-0.15, -0.1) is 0 Å². The first kappa shape index (κ1) is 13.3. The number of β-amino-alcohol motifs (C(OH)–C–C–N with tert-alkyl or cyclic N) is 1. The van der Waals surface area contributed by atoms with Crippen LogP contribution in [0.3, 0.4) is 0 Å². The van der Waals surface area contributed by atoms with Gasteiger partial charge in [-0.05, 0) is 39.8 Å². The van der Waals surface area contributed by atoms with Crippen molar-refractivity contribution < 1.29 is 9.84 Å². The molecule has 3 unspecified atom stereocenters. The molecule has 3 atom stereocenters. The van der Waals surface area contributed by atoms with Gasteiger partial charge in [-0.2, -0.15) is 0 Å². The maximum absolute atomic E-state index is 10.1. The molecule has 0 saturated carbocycles. The summed E-state index contributed by atoms with van der Waals surface area (Å²) in [4.78, 5) is 2.40. The molecule has 0 radical (unpaired) electrons. The Hall–Kier alpha value is -0.160. The maximum atomic E-state index is 10.1. The van der Waals surface area contributed by atoms with Gasteiger partial charge >= 0.3 is 0 Å². The van der Waals surface area contributed by atoms with Crippen LogP contribution >= 0.6 is 0 Å². The lowest BCUT2D eigenvalue weighted by Crippen LogP contribution is -2.52. The zero-order valence-electron chi connectivity index (χ0n) is 11.1. The van der Waals surface area contributed by atoms with Crippen molar-refractivity contribution in [3.8, 4) is 0 Å². The molecule has 0 aromatic heterocycles. The van der Waals surface area contributed by atoms with Gasteiger partial charge in [-0.3, -0.25) is 0 Å². The Balaban J connectivity index is 1.86. The van der Waals surface area contributed by atoms with Gasteiger partial charge in [-0.1, -0.05) is 0 Å². The zero-order chi connectivity index (χ0) is 12.3. The van der Waals surface area contributed by atoms with Crippen molar-refractivity contribution in [1.82, 2.24) is 10.2 Å². The van der Waals surface area contributed by atoms with Crippen molar-refractivity contribution in [2.75, 3.05) is 39.9 Å². The summed E-state index contributed by atoms with van der Waals surface area (Å²) in [5.41, 5.74) is -0.497. The maximum Gasteiger partial charge on any atom is 0.0746 e. The predicted octanol–water partition coefficient (Wildman–Crippen LogP) is 0.458. The molecular weight excluding hydrogens is 216 g/mol. The van der Waals surface area contributed by atoms with Crippen LogP contribution in [0.25, 0.3) is 0 Å². The fraction of sp³-hybridized carbons (Fsp3) is 1.00. The molecule has 2 aliphatic rings. The summed E-state index contributed by atoms with van der Waals surface area (Å²) >= 11 is 0. The molecule has 2 N–H and O–H groups in total. The zero-order valence-corrected chi connectivity index (χ0v) is 11.1. The quantitative estimate of drug-likeness (QED) is 0.754. The number of aliphatic hydroxyl groups is 1. The van der Waals surface area contributed by atoms with Crippen molar-refractivity contribution >= 4 is 0 Å². The van der Waals surface area contributed by atoms with Gasteiger partial charge < -0.3 is 20.1 Å². The SMILES string of the molecule is CNC1CCOCC1CN1CCCC(C)(O)C1. The summed E-state index contributed by atoms with van der Waals surface area (Å²) in [7, 11) is 2.04. The van der Waals surface area contributed by atoms with E-state index in [9.17, 15) is 5.11 Å². The van der Waals surface area contributed by atoms with E-state index in [-0.39, 0.29) is 0 Å². The second-order valence-corrected chi connectivity index (χ2v) is 5.85. The molecule has 0 amide bonds. The number of ether oxygens (including phenoxy) is 1. The van der Waals surface area contributed by atoms with Gasteiger partial charge in [0, 0.05) is 31.7 Å². The minimum atomic E-state index is -0.497. The molecule has 2 aliphatic heterocycles. The number of nitrogens with one attached hydrogen (secondary N) is 1. The van der Waals surface area contributed by atoms with Crippen molar-refractivity contribution in [3.63, 3.8) is 0 Å². The van der Waals surface area contributed by atoms with Gasteiger partial charge in [-0.25, -0.2) is 0 Å². The van der Waals surface area contributed by atoms with Crippen LogP contribution < -0.4 is 5.32 Å². The first-order valence-corrected chi connectivity index (χ1v) is 6.80. The number of rotatable bonds is 3. The highest BCUT2D eigenvalue weighted by molar-refractivity contribution is 4.87. The minimum Gasteiger partial charge on any atom is -0.389 e. The molecule has 0 aromatic rings. The average molecular weight is 242 g/mol. The van der Waals surface area contributed by atoms with Crippen LogP contribution in [-0.2, 0) is 4.74 Å². The fourth-order valence-corrected chi connectivity index (χ4v) is 3.17. The molecule has 0 aromatic carbocycles. The van der Waals surface area contributed by atoms with Gasteiger partial charge in [0.05, 0.1) is 12.2 Å². The number of piperidine rings is 1. The van der Waals surface area contributed by atoms with E-state index in [4.69, 9.17) is 4.74 Å². The monoisotopic (exact) mass is 242 g/mol. The predicted molar refractivity (Wildman–Crippen MR) is 68.1 cm³/mol. The lowest BCUT2D eigenvalue weighted by Gasteiger charge is -2.41. The molecule has 0 aliphatic carbocycles. The van der Waals surface area contributed by atoms with Crippen LogP contribution in [0.5, 0.6) is 0 Å². The van der Waals surface area contributed by atoms with Crippen LogP contribution in [0.15, 0.2) is 0 Å². The molecular formula is C13H26N2O2. The molecule has 17 heavy (non-hydrogen) atoms. The van der Waals surface area contributed by atoms with Crippen molar-refractivity contribution in [2.45, 2.75) is 37.8 Å². The van der Waals surface area contributed by atoms with E-state index >= 15 is 0 Å². The number of hydrogen-bond donors (Lipinski definition) is 2. The van der Waals surface area contributed by atoms with Gasteiger partial charge in [0.1, 0.15) is 0 Å². The van der Waals surface area contributed by atoms with Gasteiger partial charge in [0.2, 0.25) is 0 Å². The van der Waals surface area contributed by atoms with Gasteiger partial charge in [0.15, 0.2) is 0 Å². The smallest absolute Gasteiger partial charge is 0.0746 e. The van der Waals surface area contributed by atoms with Crippen molar-refractivity contribution in [2.24, 2.45) is 5.92 Å². The summed E-state index contributed by atoms with van der Waals surface area (Å²) in [6, 6.07) is 0.565. The summed E-state index contributed by atoms with van der Waals surface area (Å²) in [5, 5.41) is 13.5. The normalized spacial score (nSPS) is 40.4. The second kappa shape index (κ2) is 5.65. The van der Waals surface area contributed by atoms with Crippen LogP contribution in [0.1, 0.15) is 26.2 Å². The van der Waals surface area contributed by atoms with E-state index in [2.05, 4.69) is 10.2 Å². The standard InChI is InChI=1S/C13H26N2O2/c1-13(16)5-3-6-15(10-13)8-11-9-17-7-4-12(11)14-2/h11-12,14,16H,3-10H2,1-2H3. The van der Waals surface area contributed by atoms with Crippen molar-refractivity contribution in [1.29, 1.82) is 0 Å². The Morgan fingerprint density at radius 1 is 1.53 bits per heavy atom. The van der Waals surface area contributed by atoms with Crippen LogP contribution in [-0.4, -0.2) is 61.5 Å². The number of nitrogens with zero attached hydrogens (tertiary/aromatic N) is 1. The molecule has 2 rings (SSSR count). The first-order chi connectivity index (χ1) is 8.11. The Bertz CT molecular complexity index is 246. The average Bonchev–Trinajstić information content (AvgIpc) is 2.28. The third-order valence-corrected chi connectivity index (χ3v) is 4.09. The third-order valence-electron chi connectivity index (χ3n) is 4.09. The van der Waals surface area contributed by atoms with Crippen LogP contribution in [0, 0.1) is 5.92 Å². The van der Waals surface area contributed by atoms with Gasteiger partial charge in [0.25, 0.3) is 0 Å². The van der Waals surface area contributed by atoms with E-state index in [0.717, 1.165) is 52.1 Å². The first-order valence-electron chi connectivity index (χ1n) is 6.80. The lowest BCUT2D eigenvalue weighted by molar-refractivity contribution is -0.0367. The van der Waals surface area contributed by atoms with E-state index < -0.39 is 5.60 Å². The molecule has 4 heteroatoms. The highest BCUT2D eigenvalue weighted by atomic mass is 16.5. The van der Waals surface area contributed by atoms with E-state index in [1.807, 2.05) is 14.0 Å². The summed E-state index contributed by atoms with van der Waals surface area (Å²) in [6.07, 6.45) is 3.14. The largest absolute Gasteiger partial charge is 0.389 e. The Morgan fingerprint density at radius 3 is 3.06 bits per heavy atom. The lowest BCUT2D eigenvalue weighted by atomic mass is 9.91. The van der Waals surface area contributed by atoms with Crippen LogP contribution in [0.4, 0.5) is 0 Å². The molecule has 2 fully saturated rings. The molecule has 4 nitrogen and oxygen atoms in total. The minimum absolute atomic E-state index is 0.497. The number of hydrogen-bond acceptors (Lipinski definition) is 4. The molecule has 2 saturated heterocycles. The number of likely N-dealkylation sites (tertiary alicyclic amines) is 1. The summed E-state index contributed by atoms with van der Waals surface area (Å²) < 4.78 is 5.58. The summed E-state index contributed by atoms with van der Waals surface area (Å²) in [6.45, 7) is 6.64. The molecule has 100 valence electrons. The molecule has 2 heterocycles. The van der Waals surface area contributed by atoms with Crippen molar-refractivity contribution in [3.05, 3.63) is 0 Å². The van der Waals surface area contributed by atoms with E-state index in [1.54, 1.807) is 0 Å². The fourth-order valence-electron chi connectivity index (χ4n) is 3.17. The molecule has 0 bridgehead atoms. The van der Waals surface area contributed by atoms with E-state index in [1.165, 1.54) is 0 Å².